The molecular formula is C10H8BrNO. The Labute approximate surface area is 84.7 Å². The largest absolute Gasteiger partial charge is 0.356 e. The summed E-state index contributed by atoms with van der Waals surface area (Å²) in [4.78, 5) is 0. The first-order valence-corrected chi connectivity index (χ1v) is 4.74. The van der Waals surface area contributed by atoms with Gasteiger partial charge in [0, 0.05) is 16.1 Å². The van der Waals surface area contributed by atoms with Crippen LogP contribution in [0.3, 0.4) is 0 Å². The summed E-state index contributed by atoms with van der Waals surface area (Å²) in [6.07, 6.45) is 1.65. The van der Waals surface area contributed by atoms with Gasteiger partial charge in [0.25, 0.3) is 0 Å². The van der Waals surface area contributed by atoms with E-state index in [2.05, 4.69) is 21.1 Å². The Morgan fingerprint density at radius 2 is 2.15 bits per heavy atom. The highest BCUT2D eigenvalue weighted by Gasteiger charge is 2.06. The van der Waals surface area contributed by atoms with Crippen LogP contribution >= 0.6 is 15.9 Å². The lowest BCUT2D eigenvalue weighted by Gasteiger charge is -2.02. The fourth-order valence-corrected chi connectivity index (χ4v) is 1.60. The molecule has 66 valence electrons. The van der Waals surface area contributed by atoms with Crippen LogP contribution in [-0.4, -0.2) is 5.16 Å². The Kier molecular flexibility index (Phi) is 2.19. The molecule has 0 saturated carbocycles. The second-order valence-corrected chi connectivity index (χ2v) is 3.64. The van der Waals surface area contributed by atoms with Crippen molar-refractivity contribution in [3.05, 3.63) is 40.5 Å². The molecule has 13 heavy (non-hydrogen) atoms. The first-order chi connectivity index (χ1) is 6.29. The van der Waals surface area contributed by atoms with Gasteiger partial charge in [0.05, 0.1) is 6.20 Å². The molecule has 0 unspecified atom stereocenters. The average Bonchev–Trinajstić information content (AvgIpc) is 2.62. The van der Waals surface area contributed by atoms with E-state index in [0.29, 0.717) is 0 Å². The fourth-order valence-electron chi connectivity index (χ4n) is 1.23. The number of halogens is 1. The van der Waals surface area contributed by atoms with Gasteiger partial charge in [-0.3, -0.25) is 0 Å². The van der Waals surface area contributed by atoms with Crippen LogP contribution in [0.25, 0.3) is 11.3 Å². The molecule has 1 aromatic heterocycles. The number of benzene rings is 1. The van der Waals surface area contributed by atoms with Crippen molar-refractivity contribution in [2.24, 2.45) is 0 Å². The van der Waals surface area contributed by atoms with Crippen LogP contribution in [0.2, 0.25) is 0 Å². The van der Waals surface area contributed by atoms with E-state index in [1.165, 1.54) is 5.56 Å². The molecule has 3 heteroatoms. The minimum atomic E-state index is 0.804. The Hall–Kier alpha value is -1.09. The summed E-state index contributed by atoms with van der Waals surface area (Å²) in [6, 6.07) is 7.86. The zero-order valence-corrected chi connectivity index (χ0v) is 8.71. The molecule has 1 heterocycles. The zero-order valence-electron chi connectivity index (χ0n) is 7.12. The maximum Gasteiger partial charge on any atom is 0.167 e. The summed E-state index contributed by atoms with van der Waals surface area (Å²) < 4.78 is 6.17. The molecule has 2 aromatic rings. The summed E-state index contributed by atoms with van der Waals surface area (Å²) in [5.74, 6) is 0.804. The van der Waals surface area contributed by atoms with E-state index in [1.54, 1.807) is 6.20 Å². The lowest BCUT2D eigenvalue weighted by molar-refractivity contribution is 0.432. The quantitative estimate of drug-likeness (QED) is 0.760. The molecule has 0 atom stereocenters. The van der Waals surface area contributed by atoms with Gasteiger partial charge in [0.2, 0.25) is 0 Å². The maximum absolute atomic E-state index is 5.08. The summed E-state index contributed by atoms with van der Waals surface area (Å²) in [5.41, 5.74) is 2.24. The average molecular weight is 238 g/mol. The Morgan fingerprint density at radius 1 is 1.31 bits per heavy atom. The first kappa shape index (κ1) is 8.51. The van der Waals surface area contributed by atoms with E-state index in [1.807, 2.05) is 31.2 Å². The van der Waals surface area contributed by atoms with Gasteiger partial charge in [0.1, 0.15) is 0 Å². The van der Waals surface area contributed by atoms with Crippen molar-refractivity contribution in [3.8, 4) is 11.3 Å². The van der Waals surface area contributed by atoms with Gasteiger partial charge in [-0.1, -0.05) is 33.2 Å². The predicted octanol–water partition coefficient (Wildman–Crippen LogP) is 3.41. The van der Waals surface area contributed by atoms with Crippen molar-refractivity contribution in [1.29, 1.82) is 0 Å². The molecule has 1 aromatic carbocycles. The van der Waals surface area contributed by atoms with E-state index in [0.717, 1.165) is 15.8 Å². The molecule has 0 aliphatic rings. The van der Waals surface area contributed by atoms with Crippen molar-refractivity contribution in [2.45, 2.75) is 6.92 Å². The highest BCUT2D eigenvalue weighted by molar-refractivity contribution is 9.10. The lowest BCUT2D eigenvalue weighted by atomic mass is 10.1. The molecule has 0 fully saturated rings. The SMILES string of the molecule is Cc1c(Br)cccc1-c1ccno1. The van der Waals surface area contributed by atoms with Crippen molar-refractivity contribution in [1.82, 2.24) is 5.16 Å². The number of nitrogens with zero attached hydrogens (tertiary/aromatic N) is 1. The normalized spacial score (nSPS) is 10.3. The topological polar surface area (TPSA) is 26.0 Å². The number of hydrogen-bond acceptors (Lipinski definition) is 2. The van der Waals surface area contributed by atoms with Crippen molar-refractivity contribution in [3.63, 3.8) is 0 Å². The van der Waals surface area contributed by atoms with E-state index in [9.17, 15) is 0 Å². The van der Waals surface area contributed by atoms with Crippen molar-refractivity contribution < 1.29 is 4.52 Å². The van der Waals surface area contributed by atoms with Crippen LogP contribution in [0.5, 0.6) is 0 Å². The minimum absolute atomic E-state index is 0.804. The number of aromatic nitrogens is 1. The van der Waals surface area contributed by atoms with Gasteiger partial charge in [-0.05, 0) is 18.6 Å². The molecule has 0 aliphatic carbocycles. The first-order valence-electron chi connectivity index (χ1n) is 3.95. The van der Waals surface area contributed by atoms with Crippen molar-refractivity contribution in [2.75, 3.05) is 0 Å². The molecule has 0 amide bonds. The second-order valence-electron chi connectivity index (χ2n) is 2.79. The van der Waals surface area contributed by atoms with Crippen LogP contribution in [0.15, 0.2) is 39.5 Å². The second kappa shape index (κ2) is 3.34. The maximum atomic E-state index is 5.08. The third-order valence-electron chi connectivity index (χ3n) is 1.97. The molecule has 0 saturated heterocycles. The molecule has 2 nitrogen and oxygen atoms in total. The molecule has 0 N–H and O–H groups in total. The highest BCUT2D eigenvalue weighted by atomic mass is 79.9. The highest BCUT2D eigenvalue weighted by Crippen LogP contribution is 2.27. The molecule has 2 rings (SSSR count). The molecule has 0 radical (unpaired) electrons. The van der Waals surface area contributed by atoms with Crippen molar-refractivity contribution >= 4 is 15.9 Å². The molecule has 0 bridgehead atoms. The Morgan fingerprint density at radius 3 is 2.85 bits per heavy atom. The third kappa shape index (κ3) is 1.52. The van der Waals surface area contributed by atoms with Crippen LogP contribution < -0.4 is 0 Å². The summed E-state index contributed by atoms with van der Waals surface area (Å²) in [7, 11) is 0. The van der Waals surface area contributed by atoms with Crippen LogP contribution in [-0.2, 0) is 0 Å². The lowest BCUT2D eigenvalue weighted by Crippen LogP contribution is -1.81. The van der Waals surface area contributed by atoms with E-state index in [4.69, 9.17) is 4.52 Å². The standard InChI is InChI=1S/C10H8BrNO/c1-7-8(3-2-4-9(7)11)10-5-6-12-13-10/h2-6H,1H3. The minimum Gasteiger partial charge on any atom is -0.356 e. The monoisotopic (exact) mass is 237 g/mol. The van der Waals surface area contributed by atoms with E-state index in [-0.39, 0.29) is 0 Å². The smallest absolute Gasteiger partial charge is 0.167 e. The van der Waals surface area contributed by atoms with E-state index >= 15 is 0 Å². The summed E-state index contributed by atoms with van der Waals surface area (Å²) in [6.45, 7) is 2.04. The van der Waals surface area contributed by atoms with Gasteiger partial charge in [-0.2, -0.15) is 0 Å². The van der Waals surface area contributed by atoms with Crippen LogP contribution in [0.4, 0.5) is 0 Å². The van der Waals surface area contributed by atoms with Gasteiger partial charge in [0.15, 0.2) is 5.76 Å². The molecular weight excluding hydrogens is 230 g/mol. The number of hydrogen-bond donors (Lipinski definition) is 0. The van der Waals surface area contributed by atoms with Crippen LogP contribution in [0, 0.1) is 6.92 Å². The summed E-state index contributed by atoms with van der Waals surface area (Å²) in [5, 5.41) is 3.68. The Balaban J connectivity index is 2.59. The number of rotatable bonds is 1. The van der Waals surface area contributed by atoms with Crippen LogP contribution in [0.1, 0.15) is 5.56 Å². The molecule has 0 aliphatic heterocycles. The fraction of sp³-hybridized carbons (Fsp3) is 0.100. The predicted molar refractivity (Wildman–Crippen MR) is 54.4 cm³/mol. The van der Waals surface area contributed by atoms with E-state index < -0.39 is 0 Å². The zero-order chi connectivity index (χ0) is 9.26. The Bertz CT molecular complexity index is 409. The third-order valence-corrected chi connectivity index (χ3v) is 2.83. The molecule has 0 spiro atoms. The van der Waals surface area contributed by atoms with Gasteiger partial charge in [-0.15, -0.1) is 0 Å². The van der Waals surface area contributed by atoms with Gasteiger partial charge < -0.3 is 4.52 Å². The van der Waals surface area contributed by atoms with Gasteiger partial charge in [-0.25, -0.2) is 0 Å². The summed E-state index contributed by atoms with van der Waals surface area (Å²) >= 11 is 3.47. The van der Waals surface area contributed by atoms with Gasteiger partial charge >= 0.3 is 0 Å².